The number of aryl methyl sites for hydroxylation is 1. The van der Waals surface area contributed by atoms with E-state index in [1.165, 1.54) is 0 Å². The summed E-state index contributed by atoms with van der Waals surface area (Å²) < 4.78 is 1.63. The van der Waals surface area contributed by atoms with Crippen LogP contribution in [0.15, 0.2) is 18.3 Å². The maximum atomic E-state index is 10.6. The third-order valence-electron chi connectivity index (χ3n) is 1.35. The highest BCUT2D eigenvalue weighted by molar-refractivity contribution is 6.28. The molecule has 5 heteroatoms. The second-order valence-corrected chi connectivity index (χ2v) is 2.60. The Morgan fingerprint density at radius 1 is 1.58 bits per heavy atom. The van der Waals surface area contributed by atoms with Gasteiger partial charge in [0.05, 0.1) is 0 Å². The van der Waals surface area contributed by atoms with E-state index in [1.807, 2.05) is 0 Å². The predicted molar refractivity (Wildman–Crippen MR) is 41.1 cm³/mol. The molecule has 0 saturated heterocycles. The molecule has 0 spiro atoms. The number of hydrogen-bond donors (Lipinski definition) is 1. The third-order valence-corrected chi connectivity index (χ3v) is 1.75. The minimum atomic E-state index is -0.447. The first kappa shape index (κ1) is 11.6. The van der Waals surface area contributed by atoms with E-state index in [9.17, 15) is 4.79 Å². The molecule has 3 nitrogen and oxygen atoms in total. The second-order valence-electron chi connectivity index (χ2n) is 2.22. The predicted octanol–water partition coefficient (Wildman–Crippen LogP) is -2.73. The smallest absolute Gasteiger partial charge is 0.274 e. The van der Waals surface area contributed by atoms with Gasteiger partial charge in [0.25, 0.3) is 11.1 Å². The Bertz CT molecular complexity index is 303. The van der Waals surface area contributed by atoms with Crippen LogP contribution in [0.25, 0.3) is 0 Å². The minimum absolute atomic E-state index is 0. The fraction of sp³-hybridized carbons (Fsp3) is 0.143. The number of halogens is 2. The van der Waals surface area contributed by atoms with E-state index in [2.05, 4.69) is 0 Å². The third kappa shape index (κ3) is 2.60. The average Bonchev–Trinajstić information content (AvgIpc) is 1.94. The van der Waals surface area contributed by atoms with Crippen LogP contribution in [0.1, 0.15) is 10.4 Å². The zero-order chi connectivity index (χ0) is 8.43. The Labute approximate surface area is 92.5 Å². The van der Waals surface area contributed by atoms with Gasteiger partial charge in [0, 0.05) is 6.07 Å². The molecule has 66 valence electrons. The highest BCUT2D eigenvalue weighted by Crippen LogP contribution is 2.01. The van der Waals surface area contributed by atoms with Gasteiger partial charge < -0.3 is 29.7 Å². The van der Waals surface area contributed by atoms with Gasteiger partial charge in [0.2, 0.25) is 0 Å². The first-order valence-electron chi connectivity index (χ1n) is 3.06. The van der Waals surface area contributed by atoms with Gasteiger partial charge in [-0.2, -0.15) is 4.57 Å². The van der Waals surface area contributed by atoms with Gasteiger partial charge in [-0.25, -0.2) is 0 Å². The van der Waals surface area contributed by atoms with Crippen LogP contribution in [0.4, 0.5) is 0 Å². The molecule has 1 amide bonds. The molecule has 0 aliphatic rings. The minimum Gasteiger partial charge on any atom is -1.00 e. The number of rotatable bonds is 1. The summed E-state index contributed by atoms with van der Waals surface area (Å²) in [6, 6.07) is 3.21. The fourth-order valence-electron chi connectivity index (χ4n) is 0.735. The molecule has 0 saturated carbocycles. The first-order valence-corrected chi connectivity index (χ1v) is 3.44. The number of hydrogen-bond acceptors (Lipinski definition) is 1. The molecule has 0 fully saturated rings. The summed E-state index contributed by atoms with van der Waals surface area (Å²) in [5.74, 6) is -0.447. The molecular formula is C7H8ClIN2O. The number of pyridine rings is 1. The standard InChI is InChI=1S/C7H7ClN2O.HI/c1-10-4-5(7(9)11)2-3-6(10)8;/h2-4H,1H3,(H-,9,11);1H. The molecule has 0 aliphatic heterocycles. The summed E-state index contributed by atoms with van der Waals surface area (Å²) >= 11 is 5.70. The van der Waals surface area contributed by atoms with Gasteiger partial charge >= 0.3 is 0 Å². The summed E-state index contributed by atoms with van der Waals surface area (Å²) in [5, 5.41) is 0.565. The number of primary amides is 1. The maximum absolute atomic E-state index is 10.6. The normalized spacial score (nSPS) is 8.83. The molecule has 1 rings (SSSR count). The Morgan fingerprint density at radius 2 is 2.17 bits per heavy atom. The van der Waals surface area contributed by atoms with Crippen LogP contribution in [-0.2, 0) is 7.05 Å². The van der Waals surface area contributed by atoms with Crippen LogP contribution >= 0.6 is 11.6 Å². The molecule has 1 aromatic rings. The summed E-state index contributed by atoms with van der Waals surface area (Å²) in [4.78, 5) is 10.6. The van der Waals surface area contributed by atoms with Crippen molar-refractivity contribution in [1.82, 2.24) is 0 Å². The second kappa shape index (κ2) is 4.61. The summed E-state index contributed by atoms with van der Waals surface area (Å²) in [5.41, 5.74) is 5.49. The molecule has 1 heterocycles. The van der Waals surface area contributed by atoms with Gasteiger partial charge in [-0.3, -0.25) is 4.79 Å². The summed E-state index contributed by atoms with van der Waals surface area (Å²) in [6.07, 6.45) is 1.59. The Kier molecular flexibility index (Phi) is 4.47. The Morgan fingerprint density at radius 3 is 2.58 bits per heavy atom. The summed E-state index contributed by atoms with van der Waals surface area (Å²) in [7, 11) is 1.74. The molecule has 0 aromatic carbocycles. The quantitative estimate of drug-likeness (QED) is 0.342. The average molecular weight is 299 g/mol. The van der Waals surface area contributed by atoms with Crippen LogP contribution in [0.5, 0.6) is 0 Å². The molecular weight excluding hydrogens is 290 g/mol. The van der Waals surface area contributed by atoms with Gasteiger partial charge in [0.1, 0.15) is 12.6 Å². The molecule has 0 unspecified atom stereocenters. The highest BCUT2D eigenvalue weighted by atomic mass is 127. The number of aromatic nitrogens is 1. The van der Waals surface area contributed by atoms with Crippen molar-refractivity contribution in [3.8, 4) is 0 Å². The van der Waals surface area contributed by atoms with E-state index in [0.29, 0.717) is 10.7 Å². The molecule has 2 N–H and O–H groups in total. The largest absolute Gasteiger partial charge is 1.00 e. The Balaban J connectivity index is 0.00000121. The fourth-order valence-corrected chi connectivity index (χ4v) is 0.847. The molecule has 0 bridgehead atoms. The van der Waals surface area contributed by atoms with Crippen LogP contribution in [0.2, 0.25) is 5.15 Å². The first-order chi connectivity index (χ1) is 5.11. The number of nitrogens with two attached hydrogens (primary N) is 1. The molecule has 0 radical (unpaired) electrons. The van der Waals surface area contributed by atoms with Crippen molar-refractivity contribution in [2.24, 2.45) is 12.8 Å². The van der Waals surface area contributed by atoms with Crippen LogP contribution in [-0.4, -0.2) is 5.91 Å². The van der Waals surface area contributed by atoms with E-state index in [4.69, 9.17) is 17.3 Å². The van der Waals surface area contributed by atoms with E-state index >= 15 is 0 Å². The SMILES string of the molecule is C[n+]1cc(C(N)=O)ccc1Cl.[I-]. The molecule has 0 aliphatic carbocycles. The molecule has 1 aromatic heterocycles. The van der Waals surface area contributed by atoms with Crippen molar-refractivity contribution in [3.05, 3.63) is 29.0 Å². The van der Waals surface area contributed by atoms with Crippen molar-refractivity contribution in [2.45, 2.75) is 0 Å². The zero-order valence-corrected chi connectivity index (χ0v) is 9.33. The molecule has 12 heavy (non-hydrogen) atoms. The number of carbonyl (C=O) groups is 1. The van der Waals surface area contributed by atoms with E-state index < -0.39 is 5.91 Å². The van der Waals surface area contributed by atoms with Crippen molar-refractivity contribution in [3.63, 3.8) is 0 Å². The number of carbonyl (C=O) groups excluding carboxylic acids is 1. The monoisotopic (exact) mass is 298 g/mol. The van der Waals surface area contributed by atoms with E-state index in [-0.39, 0.29) is 24.0 Å². The van der Waals surface area contributed by atoms with Gasteiger partial charge in [-0.15, -0.1) is 0 Å². The lowest BCUT2D eigenvalue weighted by molar-refractivity contribution is -0.669. The van der Waals surface area contributed by atoms with Gasteiger partial charge in [0.15, 0.2) is 6.20 Å². The lowest BCUT2D eigenvalue weighted by Crippen LogP contribution is -3.00. The van der Waals surface area contributed by atoms with Crippen molar-refractivity contribution in [1.29, 1.82) is 0 Å². The molecule has 0 atom stereocenters. The van der Waals surface area contributed by atoms with Crippen LogP contribution in [0.3, 0.4) is 0 Å². The van der Waals surface area contributed by atoms with Crippen molar-refractivity contribution < 1.29 is 33.3 Å². The maximum Gasteiger partial charge on any atom is 0.274 e. The summed E-state index contributed by atoms with van der Waals surface area (Å²) in [6.45, 7) is 0. The lowest BCUT2D eigenvalue weighted by Gasteiger charge is -1.93. The number of nitrogens with zero attached hydrogens (tertiary/aromatic N) is 1. The van der Waals surface area contributed by atoms with E-state index in [0.717, 1.165) is 0 Å². The number of amides is 1. The Hall–Kier alpha value is -0.360. The highest BCUT2D eigenvalue weighted by Gasteiger charge is 2.07. The van der Waals surface area contributed by atoms with E-state index in [1.54, 1.807) is 29.9 Å². The van der Waals surface area contributed by atoms with Gasteiger partial charge in [-0.1, -0.05) is 0 Å². The van der Waals surface area contributed by atoms with Crippen molar-refractivity contribution >= 4 is 17.5 Å². The topological polar surface area (TPSA) is 47.0 Å². The lowest BCUT2D eigenvalue weighted by atomic mass is 10.3. The van der Waals surface area contributed by atoms with Gasteiger partial charge in [-0.05, 0) is 17.7 Å². The van der Waals surface area contributed by atoms with Crippen LogP contribution in [0, 0.1) is 0 Å². The van der Waals surface area contributed by atoms with Crippen LogP contribution < -0.4 is 34.3 Å². The van der Waals surface area contributed by atoms with Crippen molar-refractivity contribution in [2.75, 3.05) is 0 Å². The zero-order valence-electron chi connectivity index (χ0n) is 6.42.